The van der Waals surface area contributed by atoms with E-state index < -0.39 is 0 Å². The van der Waals surface area contributed by atoms with Crippen LogP contribution in [0.15, 0.2) is 36.7 Å². The molecule has 2 N–H and O–H groups in total. The number of amidine groups is 1. The van der Waals surface area contributed by atoms with E-state index in [4.69, 9.17) is 5.73 Å². The van der Waals surface area contributed by atoms with Crippen LogP contribution in [0.2, 0.25) is 0 Å². The number of nitrogens with zero attached hydrogens (tertiary/aromatic N) is 5. The third-order valence-corrected chi connectivity index (χ3v) is 6.13. The van der Waals surface area contributed by atoms with E-state index in [1.54, 1.807) is 0 Å². The van der Waals surface area contributed by atoms with E-state index in [1.165, 1.54) is 24.5 Å². The third-order valence-electron chi connectivity index (χ3n) is 6.13. The van der Waals surface area contributed by atoms with Crippen LogP contribution >= 0.6 is 0 Å². The number of hydrogen-bond acceptors (Lipinski definition) is 4. The summed E-state index contributed by atoms with van der Waals surface area (Å²) in [6, 6.07) is 8.29. The Morgan fingerprint density at radius 3 is 2.48 bits per heavy atom. The third kappa shape index (κ3) is 4.18. The number of rotatable bonds is 6. The van der Waals surface area contributed by atoms with Gasteiger partial charge in [0, 0.05) is 51.6 Å². The van der Waals surface area contributed by atoms with Crippen LogP contribution in [0.1, 0.15) is 20.3 Å². The standard InChI is InChI=1S/C21H36N6/c1-5-25-16-18-27(19(25)2,23(3)4)17-15-24-11-6-12-26(14-13-24)21-9-7-20(22)8-10-21/h7-10,16,18H,5-6,11-15,17,22H2,1-4H3/q+2. The van der Waals surface area contributed by atoms with Crippen LogP contribution in [0.4, 0.5) is 11.4 Å². The molecule has 1 aromatic rings. The van der Waals surface area contributed by atoms with E-state index in [9.17, 15) is 0 Å². The number of nitrogen functional groups attached to an aromatic ring is 1. The van der Waals surface area contributed by atoms with Crippen LogP contribution < -0.4 is 10.6 Å². The van der Waals surface area contributed by atoms with Gasteiger partial charge in [-0.3, -0.25) is 4.90 Å². The fourth-order valence-corrected chi connectivity index (χ4v) is 4.25. The lowest BCUT2D eigenvalue weighted by Crippen LogP contribution is -2.58. The fourth-order valence-electron chi connectivity index (χ4n) is 4.25. The first-order chi connectivity index (χ1) is 13.0. The summed E-state index contributed by atoms with van der Waals surface area (Å²) in [5.41, 5.74) is 7.95. The number of hydrogen-bond donors (Lipinski definition) is 1. The molecule has 1 saturated heterocycles. The molecule has 2 aliphatic heterocycles. The predicted octanol–water partition coefficient (Wildman–Crippen LogP) is 2.01. The Kier molecular flexibility index (Phi) is 6.19. The Morgan fingerprint density at radius 2 is 1.85 bits per heavy atom. The molecule has 3 rings (SSSR count). The molecule has 1 unspecified atom stereocenters. The van der Waals surface area contributed by atoms with Crippen LogP contribution in [0.25, 0.3) is 0 Å². The second kappa shape index (κ2) is 8.42. The summed E-state index contributed by atoms with van der Waals surface area (Å²) in [7, 11) is 4.36. The summed E-state index contributed by atoms with van der Waals surface area (Å²) in [4.78, 5) is 5.11. The number of nitrogens with two attached hydrogens (primary N) is 1. The molecule has 0 saturated carbocycles. The number of benzene rings is 1. The van der Waals surface area contributed by atoms with Gasteiger partial charge in [0.1, 0.15) is 6.54 Å². The molecule has 0 aromatic heterocycles. The smallest absolute Gasteiger partial charge is 0.364 e. The van der Waals surface area contributed by atoms with E-state index in [2.05, 4.69) is 71.9 Å². The lowest BCUT2D eigenvalue weighted by atomic mass is 10.2. The molecule has 1 aromatic carbocycles. The minimum Gasteiger partial charge on any atom is -0.399 e. The summed E-state index contributed by atoms with van der Waals surface area (Å²) >= 11 is 0. The molecule has 6 nitrogen and oxygen atoms in total. The van der Waals surface area contributed by atoms with Crippen molar-refractivity contribution in [2.45, 2.75) is 20.3 Å². The molecule has 148 valence electrons. The maximum atomic E-state index is 5.83. The van der Waals surface area contributed by atoms with Crippen molar-refractivity contribution in [2.75, 3.05) is 70.5 Å². The molecule has 1 atom stereocenters. The van der Waals surface area contributed by atoms with Gasteiger partial charge in [-0.05, 0) is 37.6 Å². The van der Waals surface area contributed by atoms with Crippen LogP contribution in [0, 0.1) is 0 Å². The summed E-state index contributed by atoms with van der Waals surface area (Å²) in [6.45, 7) is 12.1. The molecule has 0 amide bonds. The maximum absolute atomic E-state index is 5.83. The van der Waals surface area contributed by atoms with Gasteiger partial charge in [0.2, 0.25) is 6.20 Å². The van der Waals surface area contributed by atoms with Crippen LogP contribution in [-0.2, 0) is 0 Å². The van der Waals surface area contributed by atoms with Gasteiger partial charge in [-0.1, -0.05) is 0 Å². The molecule has 6 heteroatoms. The Hall–Kier alpha value is -1.89. The molecule has 0 bridgehead atoms. The summed E-state index contributed by atoms with van der Waals surface area (Å²) in [5, 5.41) is 2.32. The highest BCUT2D eigenvalue weighted by Gasteiger charge is 2.43. The monoisotopic (exact) mass is 372 g/mol. The molecule has 0 radical (unpaired) electrons. The summed E-state index contributed by atoms with van der Waals surface area (Å²) < 4.78 is 3.18. The second-order valence-corrected chi connectivity index (χ2v) is 7.80. The first-order valence-corrected chi connectivity index (χ1v) is 10.1. The Bertz CT molecular complexity index is 693. The predicted molar refractivity (Wildman–Crippen MR) is 114 cm³/mol. The van der Waals surface area contributed by atoms with E-state index in [-0.39, 0.29) is 0 Å². The molecule has 0 spiro atoms. The van der Waals surface area contributed by atoms with Crippen molar-refractivity contribution in [2.24, 2.45) is 0 Å². The molecular weight excluding hydrogens is 336 g/mol. The Balaban J connectivity index is 1.61. The lowest BCUT2D eigenvalue weighted by Gasteiger charge is -2.34. The van der Waals surface area contributed by atoms with Crippen LogP contribution in [0.5, 0.6) is 0 Å². The minimum atomic E-state index is 0.825. The van der Waals surface area contributed by atoms with E-state index in [0.717, 1.165) is 49.5 Å². The molecule has 2 heterocycles. The lowest BCUT2D eigenvalue weighted by molar-refractivity contribution is -0.913. The fraction of sp³-hybridized carbons (Fsp3) is 0.571. The van der Waals surface area contributed by atoms with E-state index in [0.29, 0.717) is 0 Å². The van der Waals surface area contributed by atoms with Crippen molar-refractivity contribution < 1.29 is 9.17 Å². The van der Waals surface area contributed by atoms with Gasteiger partial charge in [-0.2, -0.15) is 0 Å². The molecule has 27 heavy (non-hydrogen) atoms. The Labute approximate surface area is 164 Å². The number of anilines is 2. The highest BCUT2D eigenvalue weighted by molar-refractivity contribution is 5.69. The highest BCUT2D eigenvalue weighted by atomic mass is 15.8. The first kappa shape index (κ1) is 19.9. The average Bonchev–Trinajstić information content (AvgIpc) is 2.82. The van der Waals surface area contributed by atoms with Gasteiger partial charge in [-0.15, -0.1) is 14.2 Å². The maximum Gasteiger partial charge on any atom is 0.364 e. The number of quaternary nitrogens is 1. The van der Waals surface area contributed by atoms with Gasteiger partial charge in [0.15, 0.2) is 12.7 Å². The zero-order valence-corrected chi connectivity index (χ0v) is 17.4. The zero-order chi connectivity index (χ0) is 19.4. The van der Waals surface area contributed by atoms with E-state index in [1.807, 2.05) is 12.1 Å². The largest absolute Gasteiger partial charge is 0.399 e. The summed E-state index contributed by atoms with van der Waals surface area (Å²) in [6.07, 6.45) is 5.77. The molecule has 0 aliphatic carbocycles. The average molecular weight is 373 g/mol. The van der Waals surface area contributed by atoms with Crippen molar-refractivity contribution >= 4 is 17.2 Å². The van der Waals surface area contributed by atoms with Gasteiger partial charge in [-0.25, -0.2) is 0 Å². The zero-order valence-electron chi connectivity index (χ0n) is 17.4. The van der Waals surface area contributed by atoms with Crippen molar-refractivity contribution in [3.05, 3.63) is 36.7 Å². The quantitative estimate of drug-likeness (QED) is 0.471. The molecule has 1 fully saturated rings. The van der Waals surface area contributed by atoms with Crippen LogP contribution in [0.3, 0.4) is 0 Å². The highest BCUT2D eigenvalue weighted by Crippen LogP contribution is 2.21. The topological polar surface area (TPSA) is 38.8 Å². The first-order valence-electron chi connectivity index (χ1n) is 10.1. The van der Waals surface area contributed by atoms with E-state index >= 15 is 0 Å². The van der Waals surface area contributed by atoms with Crippen molar-refractivity contribution in [1.29, 1.82) is 0 Å². The van der Waals surface area contributed by atoms with Crippen molar-refractivity contribution in [1.82, 2.24) is 9.91 Å². The van der Waals surface area contributed by atoms with Crippen molar-refractivity contribution in [3.63, 3.8) is 0 Å². The van der Waals surface area contributed by atoms with Crippen molar-refractivity contribution in [3.8, 4) is 0 Å². The second-order valence-electron chi connectivity index (χ2n) is 7.80. The van der Waals surface area contributed by atoms with Gasteiger partial charge in [0.05, 0.1) is 13.5 Å². The summed E-state index contributed by atoms with van der Waals surface area (Å²) in [5.74, 6) is 1.39. The van der Waals surface area contributed by atoms with Crippen LogP contribution in [-0.4, -0.2) is 84.8 Å². The Morgan fingerprint density at radius 1 is 1.11 bits per heavy atom. The van der Waals surface area contributed by atoms with Gasteiger partial charge < -0.3 is 10.6 Å². The molecular formula is C21H36N6+2. The molecule has 2 aliphatic rings. The minimum absolute atomic E-state index is 0.825. The van der Waals surface area contributed by atoms with Gasteiger partial charge in [0.25, 0.3) is 0 Å². The van der Waals surface area contributed by atoms with Gasteiger partial charge >= 0.3 is 5.84 Å². The normalized spacial score (nSPS) is 24.1. The SMILES string of the molecule is CC[N+]1=C(C)[N+](CCN2CCCN(c3ccc(N)cc3)CC2)(N(C)C)C=C1.